The smallest absolute Gasteiger partial charge is 0.163 e. The summed E-state index contributed by atoms with van der Waals surface area (Å²) < 4.78 is 5.89. The molecule has 2 fully saturated rings. The van der Waals surface area contributed by atoms with Gasteiger partial charge in [-0.15, -0.1) is 0 Å². The van der Waals surface area contributed by atoms with Gasteiger partial charge in [-0.05, 0) is 75.1 Å². The lowest BCUT2D eigenvalue weighted by Gasteiger charge is -2.36. The quantitative estimate of drug-likeness (QED) is 0.242. The first-order valence-electron chi connectivity index (χ1n) is 15.0. The SMILES string of the molecule is Clc1nc(-c2ccc(N3CCN(CCOCc4ccccc4)CC3)cc2)nc2c1CCN2CCCN1CCCC1. The Bertz CT molecular complexity index is 1230. The van der Waals surface area contributed by atoms with Gasteiger partial charge in [0, 0.05) is 62.6 Å². The molecule has 7 nitrogen and oxygen atoms in total. The van der Waals surface area contributed by atoms with Gasteiger partial charge in [-0.25, -0.2) is 9.97 Å². The van der Waals surface area contributed by atoms with Gasteiger partial charge >= 0.3 is 0 Å². The summed E-state index contributed by atoms with van der Waals surface area (Å²) in [4.78, 5) is 19.6. The molecule has 0 N–H and O–H groups in total. The predicted octanol–water partition coefficient (Wildman–Crippen LogP) is 4.98. The molecule has 0 aliphatic carbocycles. The number of rotatable bonds is 11. The van der Waals surface area contributed by atoms with Crippen molar-refractivity contribution in [3.05, 3.63) is 70.9 Å². The van der Waals surface area contributed by atoms with Gasteiger partial charge in [-0.2, -0.15) is 0 Å². The standard InChI is InChI=1S/C32H41ClN6O/c33-30-29-13-18-39(17-6-16-36-14-4-5-15-36)32(29)35-31(34-30)27-9-11-28(12-10-27)38-21-19-37(20-22-38)23-24-40-25-26-7-2-1-3-8-26/h1-3,7-12H,4-6,13-25H2. The number of hydrogen-bond donors (Lipinski definition) is 0. The number of benzene rings is 2. The zero-order valence-corrected chi connectivity index (χ0v) is 24.2. The lowest BCUT2D eigenvalue weighted by Crippen LogP contribution is -2.47. The fourth-order valence-corrected chi connectivity index (χ4v) is 6.38. The number of ether oxygens (including phenoxy) is 1. The largest absolute Gasteiger partial charge is 0.375 e. The average Bonchev–Trinajstić information content (AvgIpc) is 3.67. The number of hydrogen-bond acceptors (Lipinski definition) is 7. The normalized spacial score (nSPS) is 18.0. The van der Waals surface area contributed by atoms with Gasteiger partial charge < -0.3 is 19.4 Å². The van der Waals surface area contributed by atoms with E-state index in [9.17, 15) is 0 Å². The highest BCUT2D eigenvalue weighted by Crippen LogP contribution is 2.33. The van der Waals surface area contributed by atoms with Gasteiger partial charge in [-0.3, -0.25) is 4.90 Å². The van der Waals surface area contributed by atoms with E-state index in [4.69, 9.17) is 21.3 Å². The molecule has 0 saturated carbocycles. The highest BCUT2D eigenvalue weighted by molar-refractivity contribution is 6.30. The van der Waals surface area contributed by atoms with Crippen LogP contribution in [0.5, 0.6) is 0 Å². The van der Waals surface area contributed by atoms with Crippen molar-refractivity contribution < 1.29 is 4.74 Å². The number of piperazine rings is 1. The third-order valence-electron chi connectivity index (χ3n) is 8.49. The molecular formula is C32H41ClN6O. The first-order chi connectivity index (χ1) is 19.7. The Kier molecular flexibility index (Phi) is 9.13. The summed E-state index contributed by atoms with van der Waals surface area (Å²) in [5.41, 5.74) is 4.60. The lowest BCUT2D eigenvalue weighted by atomic mass is 10.1. The third-order valence-corrected chi connectivity index (χ3v) is 8.81. The van der Waals surface area contributed by atoms with E-state index < -0.39 is 0 Å². The number of aromatic nitrogens is 2. The van der Waals surface area contributed by atoms with Crippen molar-refractivity contribution in [3.63, 3.8) is 0 Å². The van der Waals surface area contributed by atoms with E-state index >= 15 is 0 Å². The molecule has 0 radical (unpaired) electrons. The van der Waals surface area contributed by atoms with Crippen LogP contribution in [0.25, 0.3) is 11.4 Å². The fourth-order valence-electron chi connectivity index (χ4n) is 6.12. The van der Waals surface area contributed by atoms with E-state index in [2.05, 4.69) is 73.1 Å². The molecule has 0 unspecified atom stereocenters. The fraction of sp³-hybridized carbons (Fsp3) is 0.500. The topological polar surface area (TPSA) is 48.0 Å². The minimum Gasteiger partial charge on any atom is -0.375 e. The maximum absolute atomic E-state index is 6.66. The van der Waals surface area contributed by atoms with Crippen LogP contribution in [0.15, 0.2) is 54.6 Å². The Labute approximate surface area is 243 Å². The van der Waals surface area contributed by atoms with Gasteiger partial charge in [0.15, 0.2) is 5.82 Å². The Morgan fingerprint density at radius 3 is 2.27 bits per heavy atom. The van der Waals surface area contributed by atoms with E-state index in [-0.39, 0.29) is 0 Å². The Balaban J connectivity index is 0.998. The second-order valence-corrected chi connectivity index (χ2v) is 11.6. The third kappa shape index (κ3) is 6.77. The van der Waals surface area contributed by atoms with Crippen LogP contribution in [-0.2, 0) is 17.8 Å². The molecule has 40 heavy (non-hydrogen) atoms. The van der Waals surface area contributed by atoms with Crippen LogP contribution < -0.4 is 9.80 Å². The van der Waals surface area contributed by atoms with Gasteiger partial charge in [-0.1, -0.05) is 41.9 Å². The van der Waals surface area contributed by atoms with Crippen LogP contribution in [0, 0.1) is 0 Å². The molecule has 4 heterocycles. The van der Waals surface area contributed by atoms with Crippen molar-refractivity contribution in [3.8, 4) is 11.4 Å². The summed E-state index contributed by atoms with van der Waals surface area (Å²) in [6, 6.07) is 19.1. The molecule has 2 aromatic carbocycles. The highest BCUT2D eigenvalue weighted by Gasteiger charge is 2.26. The highest BCUT2D eigenvalue weighted by atomic mass is 35.5. The van der Waals surface area contributed by atoms with Gasteiger partial charge in [0.1, 0.15) is 11.0 Å². The summed E-state index contributed by atoms with van der Waals surface area (Å²) in [5, 5.41) is 0.606. The molecule has 3 aromatic rings. The monoisotopic (exact) mass is 560 g/mol. The second-order valence-electron chi connectivity index (χ2n) is 11.2. The molecule has 0 spiro atoms. The van der Waals surface area contributed by atoms with E-state index in [0.29, 0.717) is 11.8 Å². The summed E-state index contributed by atoms with van der Waals surface area (Å²) >= 11 is 6.66. The maximum Gasteiger partial charge on any atom is 0.163 e. The maximum atomic E-state index is 6.66. The molecule has 0 amide bonds. The van der Waals surface area contributed by atoms with Crippen LogP contribution in [-0.4, -0.2) is 91.8 Å². The summed E-state index contributed by atoms with van der Waals surface area (Å²) in [7, 11) is 0. The Morgan fingerprint density at radius 2 is 1.50 bits per heavy atom. The van der Waals surface area contributed by atoms with E-state index in [0.717, 1.165) is 81.6 Å². The molecular weight excluding hydrogens is 520 g/mol. The second kappa shape index (κ2) is 13.3. The summed E-state index contributed by atoms with van der Waals surface area (Å²) in [6.45, 7) is 12.3. The molecule has 0 atom stereocenters. The molecule has 8 heteroatoms. The number of anilines is 2. The van der Waals surface area contributed by atoms with Crippen molar-refractivity contribution in [2.45, 2.75) is 32.3 Å². The minimum absolute atomic E-state index is 0.606. The number of nitrogens with zero attached hydrogens (tertiary/aromatic N) is 6. The molecule has 6 rings (SSSR count). The van der Waals surface area contributed by atoms with Crippen LogP contribution in [0.3, 0.4) is 0 Å². The van der Waals surface area contributed by atoms with Crippen molar-refractivity contribution in [1.29, 1.82) is 0 Å². The minimum atomic E-state index is 0.606. The van der Waals surface area contributed by atoms with Gasteiger partial charge in [0.05, 0.1) is 13.2 Å². The Hall–Kier alpha value is -2.71. The molecule has 212 valence electrons. The first kappa shape index (κ1) is 27.5. The zero-order valence-electron chi connectivity index (χ0n) is 23.5. The summed E-state index contributed by atoms with van der Waals surface area (Å²) in [6.07, 6.45) is 4.79. The van der Waals surface area contributed by atoms with Gasteiger partial charge in [0.25, 0.3) is 0 Å². The molecule has 0 bridgehead atoms. The molecule has 3 aliphatic rings. The number of fused-ring (bicyclic) bond motifs is 1. The Morgan fingerprint density at radius 1 is 0.750 bits per heavy atom. The zero-order chi connectivity index (χ0) is 27.1. The van der Waals surface area contributed by atoms with E-state index in [1.54, 1.807) is 0 Å². The summed E-state index contributed by atoms with van der Waals surface area (Å²) in [5.74, 6) is 1.76. The van der Waals surface area contributed by atoms with Crippen LogP contribution >= 0.6 is 11.6 Å². The average molecular weight is 561 g/mol. The number of likely N-dealkylation sites (tertiary alicyclic amines) is 1. The van der Waals surface area contributed by atoms with E-state index in [1.165, 1.54) is 50.1 Å². The van der Waals surface area contributed by atoms with E-state index in [1.807, 2.05) is 6.07 Å². The molecule has 3 aliphatic heterocycles. The van der Waals surface area contributed by atoms with Crippen molar-refractivity contribution >= 4 is 23.1 Å². The van der Waals surface area contributed by atoms with Crippen molar-refractivity contribution in [2.24, 2.45) is 0 Å². The first-order valence-corrected chi connectivity index (χ1v) is 15.3. The van der Waals surface area contributed by atoms with Crippen molar-refractivity contribution in [2.75, 3.05) is 81.9 Å². The lowest BCUT2D eigenvalue weighted by molar-refractivity contribution is 0.0907. The van der Waals surface area contributed by atoms with Crippen LogP contribution in [0.4, 0.5) is 11.5 Å². The molecule has 1 aromatic heterocycles. The van der Waals surface area contributed by atoms with Crippen LogP contribution in [0.2, 0.25) is 5.15 Å². The van der Waals surface area contributed by atoms with Crippen molar-refractivity contribution in [1.82, 2.24) is 19.8 Å². The van der Waals surface area contributed by atoms with Gasteiger partial charge in [0.2, 0.25) is 0 Å². The molecule has 2 saturated heterocycles. The number of halogens is 1. The predicted molar refractivity (Wildman–Crippen MR) is 163 cm³/mol. The van der Waals surface area contributed by atoms with Crippen LogP contribution in [0.1, 0.15) is 30.4 Å².